The second-order valence-corrected chi connectivity index (χ2v) is 14.0. The van der Waals surface area contributed by atoms with Crippen LogP contribution < -0.4 is 14.4 Å². The molecule has 0 N–H and O–H groups in total. The van der Waals surface area contributed by atoms with E-state index >= 15 is 0 Å². The van der Waals surface area contributed by atoms with E-state index in [-0.39, 0.29) is 29.6 Å². The van der Waals surface area contributed by atoms with Crippen molar-refractivity contribution in [3.63, 3.8) is 0 Å². The SMILES string of the molecule is C=CC(=O)N1CC(CN2C(=O)C(C3CCN(C)CC3)Oc3cc(-c4cc(OC(=O)C(C)(C)C)cc5ccccc45)c(Cl)cc32)C1. The Morgan fingerprint density at radius 2 is 1.78 bits per heavy atom. The van der Waals surface area contributed by atoms with E-state index in [4.69, 9.17) is 21.1 Å². The Balaban J connectivity index is 1.40. The number of carbonyl (C=O) groups excluding carboxylic acids is 3. The number of ether oxygens (including phenoxy) is 2. The van der Waals surface area contributed by atoms with E-state index in [1.807, 2.05) is 74.2 Å². The maximum absolute atomic E-state index is 14.1. The minimum Gasteiger partial charge on any atom is -0.478 e. The van der Waals surface area contributed by atoms with Crippen LogP contribution >= 0.6 is 11.6 Å². The van der Waals surface area contributed by atoms with E-state index in [1.54, 1.807) is 4.90 Å². The second kappa shape index (κ2) is 12.1. The molecule has 8 nitrogen and oxygen atoms in total. The third-order valence-electron chi connectivity index (χ3n) is 9.13. The molecule has 0 saturated carbocycles. The highest BCUT2D eigenvalue weighted by Crippen LogP contribution is 2.46. The van der Waals surface area contributed by atoms with Gasteiger partial charge in [0.2, 0.25) is 5.91 Å². The summed E-state index contributed by atoms with van der Waals surface area (Å²) in [7, 11) is 2.10. The van der Waals surface area contributed by atoms with Gasteiger partial charge in [0.25, 0.3) is 5.91 Å². The molecule has 0 radical (unpaired) electrons. The molecular weight excluding hydrogens is 590 g/mol. The minimum absolute atomic E-state index is 0.0593. The lowest BCUT2D eigenvalue weighted by atomic mass is 9.88. The molecule has 3 heterocycles. The Hall–Kier alpha value is -3.88. The van der Waals surface area contributed by atoms with E-state index in [1.165, 1.54) is 6.08 Å². The molecule has 2 saturated heterocycles. The van der Waals surface area contributed by atoms with E-state index in [9.17, 15) is 14.4 Å². The van der Waals surface area contributed by atoms with Crippen molar-refractivity contribution in [2.75, 3.05) is 44.7 Å². The van der Waals surface area contributed by atoms with Crippen molar-refractivity contribution in [3.8, 4) is 22.6 Å². The summed E-state index contributed by atoms with van der Waals surface area (Å²) in [6.45, 7) is 12.5. The van der Waals surface area contributed by atoms with Crippen LogP contribution in [0.1, 0.15) is 33.6 Å². The largest absolute Gasteiger partial charge is 0.478 e. The first kappa shape index (κ1) is 31.1. The van der Waals surface area contributed by atoms with Gasteiger partial charge in [-0.1, -0.05) is 42.4 Å². The van der Waals surface area contributed by atoms with Crippen LogP contribution in [0.3, 0.4) is 0 Å². The Morgan fingerprint density at radius 3 is 2.47 bits per heavy atom. The summed E-state index contributed by atoms with van der Waals surface area (Å²) in [6, 6.07) is 15.3. The van der Waals surface area contributed by atoms with Crippen LogP contribution in [0.25, 0.3) is 21.9 Å². The maximum atomic E-state index is 14.1. The van der Waals surface area contributed by atoms with Gasteiger partial charge in [-0.2, -0.15) is 0 Å². The third-order valence-corrected chi connectivity index (χ3v) is 9.44. The van der Waals surface area contributed by atoms with Crippen LogP contribution in [-0.2, 0) is 14.4 Å². The summed E-state index contributed by atoms with van der Waals surface area (Å²) in [5.74, 6) is 0.766. The molecule has 6 rings (SSSR count). The van der Waals surface area contributed by atoms with Gasteiger partial charge in [0.1, 0.15) is 11.5 Å². The van der Waals surface area contributed by atoms with Gasteiger partial charge in [-0.3, -0.25) is 14.4 Å². The molecule has 3 aliphatic heterocycles. The number of amides is 2. The van der Waals surface area contributed by atoms with Crippen LogP contribution in [0.5, 0.6) is 11.5 Å². The monoisotopic (exact) mass is 629 g/mol. The van der Waals surface area contributed by atoms with Crippen molar-refractivity contribution < 1.29 is 23.9 Å². The highest BCUT2D eigenvalue weighted by molar-refractivity contribution is 6.34. The van der Waals surface area contributed by atoms with Crippen molar-refractivity contribution in [2.24, 2.45) is 17.3 Å². The summed E-state index contributed by atoms with van der Waals surface area (Å²) in [4.78, 5) is 44.8. The molecular formula is C36H40ClN3O5. The zero-order valence-electron chi connectivity index (χ0n) is 26.3. The standard InChI is InChI=1S/C36H40ClN3O5/c1-6-32(41)39-19-22(20-39)21-40-30-18-29(37)28(17-31(30)45-33(34(40)42)23-11-13-38(5)14-12-23)27-16-25(44-35(43)36(2,3)4)15-24-9-7-8-10-26(24)27/h6-10,15-18,22-23,33H,1,11-14,19-21H2,2-5H3. The number of rotatable bonds is 6. The number of hydrogen-bond donors (Lipinski definition) is 0. The van der Waals surface area contributed by atoms with E-state index in [2.05, 4.69) is 18.5 Å². The van der Waals surface area contributed by atoms with Crippen LogP contribution in [0, 0.1) is 17.3 Å². The summed E-state index contributed by atoms with van der Waals surface area (Å²) < 4.78 is 12.4. The maximum Gasteiger partial charge on any atom is 0.316 e. The number of fused-ring (bicyclic) bond motifs is 2. The molecule has 236 valence electrons. The van der Waals surface area contributed by atoms with Crippen molar-refractivity contribution in [2.45, 2.75) is 39.7 Å². The van der Waals surface area contributed by atoms with Gasteiger partial charge in [0.05, 0.1) is 16.1 Å². The Bertz CT molecular complexity index is 1670. The zero-order valence-corrected chi connectivity index (χ0v) is 27.1. The fourth-order valence-electron chi connectivity index (χ4n) is 6.41. The number of nitrogens with zero attached hydrogens (tertiary/aromatic N) is 3. The number of piperidine rings is 1. The molecule has 3 aromatic rings. The summed E-state index contributed by atoms with van der Waals surface area (Å²) in [5.41, 5.74) is 1.49. The summed E-state index contributed by atoms with van der Waals surface area (Å²) in [6.07, 6.45) is 2.45. The Morgan fingerprint density at radius 1 is 1.07 bits per heavy atom. The third kappa shape index (κ3) is 6.18. The van der Waals surface area contributed by atoms with E-state index in [0.717, 1.165) is 47.8 Å². The van der Waals surface area contributed by atoms with Gasteiger partial charge in [0.15, 0.2) is 6.10 Å². The lowest BCUT2D eigenvalue weighted by Gasteiger charge is -2.44. The number of carbonyl (C=O) groups is 3. The van der Waals surface area contributed by atoms with E-state index in [0.29, 0.717) is 41.8 Å². The van der Waals surface area contributed by atoms with Crippen LogP contribution in [0.4, 0.5) is 5.69 Å². The first-order chi connectivity index (χ1) is 21.4. The fraction of sp³-hybridized carbons (Fsp3) is 0.417. The summed E-state index contributed by atoms with van der Waals surface area (Å²) in [5, 5.41) is 2.31. The first-order valence-corrected chi connectivity index (χ1v) is 16.0. The average Bonchev–Trinajstić information content (AvgIpc) is 2.98. The van der Waals surface area contributed by atoms with Gasteiger partial charge in [-0.25, -0.2) is 0 Å². The quantitative estimate of drug-likeness (QED) is 0.184. The fourth-order valence-corrected chi connectivity index (χ4v) is 6.67. The molecule has 2 amide bonds. The highest BCUT2D eigenvalue weighted by Gasteiger charge is 2.43. The smallest absolute Gasteiger partial charge is 0.316 e. The Kier molecular flexibility index (Phi) is 8.39. The number of benzene rings is 3. The molecule has 0 spiro atoms. The number of hydrogen-bond acceptors (Lipinski definition) is 6. The molecule has 0 aromatic heterocycles. The lowest BCUT2D eigenvalue weighted by molar-refractivity contribution is -0.143. The van der Waals surface area contributed by atoms with Gasteiger partial charge in [-0.05, 0) is 100 Å². The van der Waals surface area contributed by atoms with Crippen molar-refractivity contribution in [1.29, 1.82) is 0 Å². The van der Waals surface area contributed by atoms with Crippen LogP contribution in [-0.4, -0.2) is 73.5 Å². The average molecular weight is 630 g/mol. The molecule has 3 aromatic carbocycles. The topological polar surface area (TPSA) is 79.4 Å². The van der Waals surface area contributed by atoms with Crippen molar-refractivity contribution in [3.05, 3.63) is 66.2 Å². The molecule has 1 atom stereocenters. The van der Waals surface area contributed by atoms with Crippen molar-refractivity contribution >= 4 is 45.8 Å². The molecule has 1 unspecified atom stereocenters. The molecule has 0 bridgehead atoms. The van der Waals surface area contributed by atoms with Crippen LogP contribution in [0.15, 0.2) is 61.2 Å². The predicted molar refractivity (Wildman–Crippen MR) is 177 cm³/mol. The number of anilines is 1. The number of halogens is 1. The number of likely N-dealkylation sites (tertiary alicyclic amines) is 2. The van der Waals surface area contributed by atoms with Gasteiger partial charge in [0, 0.05) is 37.0 Å². The first-order valence-electron chi connectivity index (χ1n) is 15.6. The second-order valence-electron chi connectivity index (χ2n) is 13.6. The van der Waals surface area contributed by atoms with Crippen molar-refractivity contribution in [1.82, 2.24) is 9.80 Å². The normalized spacial score (nSPS) is 19.6. The van der Waals surface area contributed by atoms with Crippen LogP contribution in [0.2, 0.25) is 5.02 Å². The van der Waals surface area contributed by atoms with E-state index < -0.39 is 11.5 Å². The summed E-state index contributed by atoms with van der Waals surface area (Å²) >= 11 is 7.04. The highest BCUT2D eigenvalue weighted by atomic mass is 35.5. The Labute approximate surface area is 269 Å². The predicted octanol–water partition coefficient (Wildman–Crippen LogP) is 6.19. The molecule has 9 heteroatoms. The molecule has 3 aliphatic rings. The minimum atomic E-state index is -0.668. The number of esters is 1. The molecule has 45 heavy (non-hydrogen) atoms. The molecule has 0 aliphatic carbocycles. The molecule has 2 fully saturated rings. The lowest BCUT2D eigenvalue weighted by Crippen LogP contribution is -2.57. The van der Waals surface area contributed by atoms with Gasteiger partial charge in [-0.15, -0.1) is 0 Å². The van der Waals surface area contributed by atoms with Gasteiger partial charge < -0.3 is 24.2 Å². The zero-order chi connectivity index (χ0) is 32.0. The van der Waals surface area contributed by atoms with Gasteiger partial charge >= 0.3 is 5.97 Å².